The van der Waals surface area contributed by atoms with Crippen LogP contribution in [0.2, 0.25) is 0 Å². The summed E-state index contributed by atoms with van der Waals surface area (Å²) in [5.74, 6) is 0. The maximum absolute atomic E-state index is 10.8. The van der Waals surface area contributed by atoms with Gasteiger partial charge in [-0.3, -0.25) is 0 Å². The van der Waals surface area contributed by atoms with Crippen molar-refractivity contribution < 1.29 is 19.7 Å². The van der Waals surface area contributed by atoms with Crippen LogP contribution in [-0.4, -0.2) is 39.1 Å². The first kappa shape index (κ1) is 8.34. The number of carbonyl (C=O) groups is 1. The number of aliphatic hydroxyl groups excluding tert-OH is 2. The van der Waals surface area contributed by atoms with Gasteiger partial charge in [0.15, 0.2) is 0 Å². The largest absolute Gasteiger partial charge is 0.453 e. The smallest absolute Gasteiger partial charge is 0.368 e. The first-order chi connectivity index (χ1) is 5.66. The third-order valence-electron chi connectivity index (χ3n) is 2.24. The lowest BCUT2D eigenvalue weighted by Gasteiger charge is -2.30. The maximum Gasteiger partial charge on any atom is 0.368 e. The Morgan fingerprint density at radius 1 is 1.42 bits per heavy atom. The topological polar surface area (TPSA) is 66.8 Å². The summed E-state index contributed by atoms with van der Waals surface area (Å²) in [5.41, 5.74) is 0. The van der Waals surface area contributed by atoms with Crippen LogP contribution in [0, 0.1) is 0 Å². The zero-order valence-electron chi connectivity index (χ0n) is 6.34. The molecule has 0 aromatic rings. The van der Waals surface area contributed by atoms with E-state index in [4.69, 9.17) is 4.74 Å². The molecule has 0 radical (unpaired) electrons. The monoisotopic (exact) mass is 190 g/mol. The van der Waals surface area contributed by atoms with Crippen molar-refractivity contribution in [1.82, 2.24) is 0 Å². The van der Waals surface area contributed by atoms with Crippen molar-refractivity contribution in [3.8, 4) is 0 Å². The second kappa shape index (κ2) is 2.90. The molecular weight excluding hydrogens is 180 g/mol. The Bertz CT molecular complexity index is 208. The van der Waals surface area contributed by atoms with E-state index in [1.807, 2.05) is 0 Å². The zero-order valence-corrected chi connectivity index (χ0v) is 7.16. The Morgan fingerprint density at radius 3 is 2.92 bits per heavy atom. The minimum absolute atomic E-state index is 0.166. The second-order valence-corrected chi connectivity index (χ2v) is 4.29. The van der Waals surface area contributed by atoms with Crippen LogP contribution < -0.4 is 0 Å². The molecule has 1 aliphatic heterocycles. The van der Waals surface area contributed by atoms with Gasteiger partial charge >= 0.3 is 5.30 Å². The van der Waals surface area contributed by atoms with Gasteiger partial charge in [-0.25, -0.2) is 4.79 Å². The predicted molar refractivity (Wildman–Crippen MR) is 42.9 cm³/mol. The summed E-state index contributed by atoms with van der Waals surface area (Å²) in [6.45, 7) is 0. The molecular formula is C7H10O4S. The standard InChI is InChI=1S/C7H10O4S/c8-3-1-4(9)6-5(2-3)11-7(10)12-6/h3-6,8-9H,1-2H2. The average molecular weight is 190 g/mol. The summed E-state index contributed by atoms with van der Waals surface area (Å²) in [6, 6.07) is 0. The molecule has 0 spiro atoms. The predicted octanol–water partition coefficient (Wildman–Crippen LogP) is 0.123. The van der Waals surface area contributed by atoms with Gasteiger partial charge in [-0.15, -0.1) is 0 Å². The van der Waals surface area contributed by atoms with Crippen LogP contribution >= 0.6 is 11.8 Å². The molecule has 2 rings (SSSR count). The molecule has 0 aromatic carbocycles. The van der Waals surface area contributed by atoms with E-state index in [1.165, 1.54) is 0 Å². The Kier molecular flexibility index (Phi) is 2.02. The lowest BCUT2D eigenvalue weighted by molar-refractivity contribution is -0.0135. The van der Waals surface area contributed by atoms with Crippen LogP contribution in [0.4, 0.5) is 4.79 Å². The maximum atomic E-state index is 10.8. The van der Waals surface area contributed by atoms with Crippen molar-refractivity contribution in [2.45, 2.75) is 36.4 Å². The van der Waals surface area contributed by atoms with Crippen molar-refractivity contribution in [1.29, 1.82) is 0 Å². The highest BCUT2D eigenvalue weighted by molar-refractivity contribution is 8.14. The minimum Gasteiger partial charge on any atom is -0.453 e. The Labute approximate surface area is 73.9 Å². The summed E-state index contributed by atoms with van der Waals surface area (Å²) >= 11 is 1.04. The molecule has 4 nitrogen and oxygen atoms in total. The second-order valence-electron chi connectivity index (χ2n) is 3.18. The number of thioether (sulfide) groups is 1. The quantitative estimate of drug-likeness (QED) is 0.531. The van der Waals surface area contributed by atoms with Gasteiger partial charge in [0, 0.05) is 12.8 Å². The number of aliphatic hydroxyl groups is 2. The third-order valence-corrected chi connectivity index (χ3v) is 3.42. The van der Waals surface area contributed by atoms with Crippen LogP contribution in [0.3, 0.4) is 0 Å². The molecule has 2 N–H and O–H groups in total. The molecule has 5 heteroatoms. The van der Waals surface area contributed by atoms with Gasteiger partial charge in [0.1, 0.15) is 6.10 Å². The minimum atomic E-state index is -0.616. The molecule has 0 bridgehead atoms. The highest BCUT2D eigenvalue weighted by Gasteiger charge is 2.45. The molecule has 2 fully saturated rings. The van der Waals surface area contributed by atoms with Crippen molar-refractivity contribution in [3.05, 3.63) is 0 Å². The van der Waals surface area contributed by atoms with Gasteiger partial charge in [0.25, 0.3) is 0 Å². The van der Waals surface area contributed by atoms with E-state index >= 15 is 0 Å². The number of carbonyl (C=O) groups excluding carboxylic acids is 1. The summed E-state index contributed by atoms with van der Waals surface area (Å²) < 4.78 is 4.91. The first-order valence-corrected chi connectivity index (χ1v) is 4.78. The molecule has 1 saturated heterocycles. The molecule has 12 heavy (non-hydrogen) atoms. The van der Waals surface area contributed by atoms with E-state index in [0.717, 1.165) is 11.8 Å². The average Bonchev–Trinajstić information content (AvgIpc) is 2.29. The van der Waals surface area contributed by atoms with Crippen LogP contribution in [0.1, 0.15) is 12.8 Å². The van der Waals surface area contributed by atoms with E-state index < -0.39 is 12.2 Å². The summed E-state index contributed by atoms with van der Waals surface area (Å²) in [7, 11) is 0. The molecule has 0 amide bonds. The fraction of sp³-hybridized carbons (Fsp3) is 0.857. The molecule has 1 heterocycles. The van der Waals surface area contributed by atoms with E-state index in [1.54, 1.807) is 0 Å². The SMILES string of the molecule is O=C1OC2CC(O)CC(O)C2S1. The molecule has 1 aliphatic carbocycles. The van der Waals surface area contributed by atoms with Crippen molar-refractivity contribution in [3.63, 3.8) is 0 Å². The Balaban J connectivity index is 2.10. The summed E-state index contributed by atoms with van der Waals surface area (Å²) in [4.78, 5) is 10.8. The Hall–Kier alpha value is -0.260. The summed E-state index contributed by atoms with van der Waals surface area (Å²) in [6.07, 6.45) is -0.630. The van der Waals surface area contributed by atoms with Gasteiger partial charge in [-0.1, -0.05) is 0 Å². The molecule has 2 aliphatic rings. The Morgan fingerprint density at radius 2 is 2.17 bits per heavy atom. The van der Waals surface area contributed by atoms with Gasteiger partial charge in [-0.05, 0) is 11.8 Å². The van der Waals surface area contributed by atoms with E-state index in [0.29, 0.717) is 12.8 Å². The van der Waals surface area contributed by atoms with Crippen LogP contribution in [0.15, 0.2) is 0 Å². The van der Waals surface area contributed by atoms with E-state index in [9.17, 15) is 15.0 Å². The van der Waals surface area contributed by atoms with Crippen molar-refractivity contribution in [2.75, 3.05) is 0 Å². The van der Waals surface area contributed by atoms with E-state index in [2.05, 4.69) is 0 Å². The fourth-order valence-electron chi connectivity index (χ4n) is 1.69. The van der Waals surface area contributed by atoms with Crippen molar-refractivity contribution in [2.24, 2.45) is 0 Å². The fourth-order valence-corrected chi connectivity index (χ4v) is 2.68. The van der Waals surface area contributed by atoms with Gasteiger partial charge in [0.05, 0.1) is 17.5 Å². The van der Waals surface area contributed by atoms with Crippen LogP contribution in [-0.2, 0) is 4.74 Å². The summed E-state index contributed by atoms with van der Waals surface area (Å²) in [5, 5.41) is 18.2. The molecule has 1 saturated carbocycles. The molecule has 4 atom stereocenters. The van der Waals surface area contributed by atoms with E-state index in [-0.39, 0.29) is 16.7 Å². The third kappa shape index (κ3) is 1.32. The molecule has 4 unspecified atom stereocenters. The normalized spacial score (nSPS) is 47.0. The zero-order chi connectivity index (χ0) is 8.72. The van der Waals surface area contributed by atoms with Gasteiger partial charge < -0.3 is 14.9 Å². The van der Waals surface area contributed by atoms with Crippen LogP contribution in [0.25, 0.3) is 0 Å². The van der Waals surface area contributed by atoms with Crippen molar-refractivity contribution >= 4 is 17.1 Å². The number of rotatable bonds is 0. The van der Waals surface area contributed by atoms with Gasteiger partial charge in [0.2, 0.25) is 0 Å². The molecule has 68 valence electrons. The number of fused-ring (bicyclic) bond motifs is 1. The van der Waals surface area contributed by atoms with Crippen LogP contribution in [0.5, 0.6) is 0 Å². The number of hydrogen-bond donors (Lipinski definition) is 2. The highest BCUT2D eigenvalue weighted by Crippen LogP contribution is 2.38. The lowest BCUT2D eigenvalue weighted by Crippen LogP contribution is -2.42. The first-order valence-electron chi connectivity index (χ1n) is 3.90. The highest BCUT2D eigenvalue weighted by atomic mass is 32.2. The number of ether oxygens (including phenoxy) is 1. The van der Waals surface area contributed by atoms with Gasteiger partial charge in [-0.2, -0.15) is 0 Å². The number of hydrogen-bond acceptors (Lipinski definition) is 5. The molecule has 0 aromatic heterocycles. The lowest BCUT2D eigenvalue weighted by atomic mass is 9.92.